The lowest BCUT2D eigenvalue weighted by Crippen LogP contribution is -2.04. The topological polar surface area (TPSA) is 110 Å². The van der Waals surface area contributed by atoms with E-state index in [2.05, 4.69) is 22.4 Å². The van der Waals surface area contributed by atoms with Crippen LogP contribution in [0, 0.1) is 34.4 Å². The van der Waals surface area contributed by atoms with E-state index in [0.717, 1.165) is 5.69 Å². The summed E-state index contributed by atoms with van der Waals surface area (Å²) in [6.45, 7) is 0.179. The number of pyridine rings is 1. The summed E-state index contributed by atoms with van der Waals surface area (Å²) in [4.78, 5) is 15.3. The highest BCUT2D eigenvalue weighted by Gasteiger charge is 2.45. The van der Waals surface area contributed by atoms with Crippen molar-refractivity contribution in [3.8, 4) is 23.3 Å². The number of benzene rings is 2. The Morgan fingerprint density at radius 2 is 1.90 bits per heavy atom. The zero-order valence-corrected chi connectivity index (χ0v) is 16.3. The van der Waals surface area contributed by atoms with Gasteiger partial charge in [-0.2, -0.15) is 10.5 Å². The van der Waals surface area contributed by atoms with Crippen molar-refractivity contribution in [1.82, 2.24) is 4.98 Å². The van der Waals surface area contributed by atoms with Crippen molar-refractivity contribution in [2.75, 3.05) is 5.32 Å². The van der Waals surface area contributed by atoms with Gasteiger partial charge in [0.05, 0.1) is 41.1 Å². The smallest absolute Gasteiger partial charge is 0.307 e. The van der Waals surface area contributed by atoms with E-state index in [1.165, 1.54) is 6.07 Å². The number of nitrogens with one attached hydrogen (secondary N) is 1. The van der Waals surface area contributed by atoms with E-state index in [-0.39, 0.29) is 18.4 Å². The molecule has 0 unspecified atom stereocenters. The minimum Gasteiger partial charge on any atom is -0.481 e. The predicted octanol–water partition coefficient (Wildman–Crippen LogP) is 4.43. The number of aliphatic carboxylic acids is 1. The molecule has 3 aromatic rings. The third-order valence-corrected chi connectivity index (χ3v) is 5.40. The Hall–Kier alpha value is -4.23. The first-order valence-corrected chi connectivity index (χ1v) is 9.66. The average Bonchev–Trinajstić information content (AvgIpc) is 3.60. The zero-order valence-electron chi connectivity index (χ0n) is 16.3. The standard InChI is InChI=1S/C24H17FN4O2/c25-21-6-4-14(23-15(10-26)2-1-3-16(23)11-27)8-17(21)12-28-18-5-7-22(29-13-18)19-9-20(19)24(30)31/h1-8,13,19-20,28H,9,12H2,(H,30,31)/t19-,20-/m0/s1. The molecule has 7 heteroatoms. The SMILES string of the molecule is N#Cc1cccc(C#N)c1-c1ccc(F)c(CNc2ccc([C@H]3C[C@@H]3C(=O)O)nc2)c1. The molecule has 1 aromatic heterocycles. The predicted molar refractivity (Wildman–Crippen MR) is 111 cm³/mol. The van der Waals surface area contributed by atoms with Gasteiger partial charge in [0, 0.05) is 29.3 Å². The van der Waals surface area contributed by atoms with Gasteiger partial charge >= 0.3 is 5.97 Å². The third kappa shape index (κ3) is 4.08. The molecule has 0 saturated heterocycles. The molecular weight excluding hydrogens is 395 g/mol. The molecule has 0 spiro atoms. The summed E-state index contributed by atoms with van der Waals surface area (Å²) in [5.74, 6) is -1.62. The molecule has 0 bridgehead atoms. The summed E-state index contributed by atoms with van der Waals surface area (Å²) < 4.78 is 14.4. The number of aromatic nitrogens is 1. The molecule has 0 amide bonds. The Morgan fingerprint density at radius 1 is 1.16 bits per heavy atom. The van der Waals surface area contributed by atoms with Crippen LogP contribution in [-0.2, 0) is 11.3 Å². The summed E-state index contributed by atoms with van der Waals surface area (Å²) in [5, 5.41) is 31.0. The molecule has 1 fully saturated rings. The Balaban J connectivity index is 1.53. The Kier molecular flexibility index (Phi) is 5.34. The molecule has 1 aliphatic carbocycles. The van der Waals surface area contributed by atoms with Gasteiger partial charge < -0.3 is 10.4 Å². The fourth-order valence-electron chi connectivity index (χ4n) is 3.64. The van der Waals surface area contributed by atoms with Gasteiger partial charge in [-0.1, -0.05) is 12.1 Å². The fourth-order valence-corrected chi connectivity index (χ4v) is 3.64. The quantitative estimate of drug-likeness (QED) is 0.620. The second-order valence-corrected chi connectivity index (χ2v) is 7.37. The molecule has 31 heavy (non-hydrogen) atoms. The minimum atomic E-state index is -0.804. The highest BCUT2D eigenvalue weighted by molar-refractivity contribution is 5.77. The first kappa shape index (κ1) is 20.1. The summed E-state index contributed by atoms with van der Waals surface area (Å²) in [6, 6.07) is 17.1. The van der Waals surface area contributed by atoms with Crippen LogP contribution >= 0.6 is 0 Å². The number of carboxylic acid groups (broad SMARTS) is 1. The highest BCUT2D eigenvalue weighted by Crippen LogP contribution is 2.46. The molecule has 4 rings (SSSR count). The van der Waals surface area contributed by atoms with Crippen LogP contribution in [0.15, 0.2) is 54.7 Å². The van der Waals surface area contributed by atoms with Crippen molar-refractivity contribution in [3.63, 3.8) is 0 Å². The van der Waals surface area contributed by atoms with Crippen molar-refractivity contribution in [1.29, 1.82) is 10.5 Å². The minimum absolute atomic E-state index is 0.0461. The van der Waals surface area contributed by atoms with Crippen LogP contribution in [0.4, 0.5) is 10.1 Å². The second kappa shape index (κ2) is 8.25. The van der Waals surface area contributed by atoms with Crippen LogP contribution in [0.2, 0.25) is 0 Å². The van der Waals surface area contributed by atoms with Crippen LogP contribution in [0.1, 0.15) is 34.7 Å². The number of halogens is 1. The van der Waals surface area contributed by atoms with Crippen LogP contribution in [0.5, 0.6) is 0 Å². The highest BCUT2D eigenvalue weighted by atomic mass is 19.1. The van der Waals surface area contributed by atoms with Gasteiger partial charge in [0.2, 0.25) is 0 Å². The van der Waals surface area contributed by atoms with Gasteiger partial charge in [-0.3, -0.25) is 9.78 Å². The van der Waals surface area contributed by atoms with Crippen LogP contribution in [-0.4, -0.2) is 16.1 Å². The molecule has 0 aliphatic heterocycles. The van der Waals surface area contributed by atoms with E-state index in [4.69, 9.17) is 5.11 Å². The maximum Gasteiger partial charge on any atom is 0.307 e. The fraction of sp³-hybridized carbons (Fsp3) is 0.167. The van der Waals surface area contributed by atoms with Crippen molar-refractivity contribution in [2.24, 2.45) is 5.92 Å². The van der Waals surface area contributed by atoms with Gasteiger partial charge in [-0.05, 0) is 48.4 Å². The monoisotopic (exact) mass is 412 g/mol. The molecule has 6 nitrogen and oxygen atoms in total. The molecule has 1 saturated carbocycles. The molecule has 152 valence electrons. The van der Waals surface area contributed by atoms with E-state index >= 15 is 0 Å². The van der Waals surface area contributed by atoms with Crippen molar-refractivity contribution in [2.45, 2.75) is 18.9 Å². The zero-order chi connectivity index (χ0) is 22.0. The molecule has 2 aromatic carbocycles. The number of hydrogen-bond acceptors (Lipinski definition) is 5. The van der Waals surface area contributed by atoms with Gasteiger partial charge in [0.25, 0.3) is 0 Å². The molecule has 2 N–H and O–H groups in total. The number of nitriles is 2. The van der Waals surface area contributed by atoms with E-state index in [1.807, 2.05) is 0 Å². The largest absolute Gasteiger partial charge is 0.481 e. The molecule has 1 aliphatic rings. The lowest BCUT2D eigenvalue weighted by atomic mass is 9.94. The van der Waals surface area contributed by atoms with E-state index in [9.17, 15) is 19.7 Å². The van der Waals surface area contributed by atoms with Crippen LogP contribution in [0.3, 0.4) is 0 Å². The molecular formula is C24H17FN4O2. The molecule has 0 radical (unpaired) electrons. The Bertz CT molecular complexity index is 1210. The molecule has 1 heterocycles. The number of hydrogen-bond donors (Lipinski definition) is 2. The number of nitrogens with zero attached hydrogens (tertiary/aromatic N) is 3. The number of anilines is 1. The normalized spacial score (nSPS) is 16.7. The van der Waals surface area contributed by atoms with Gasteiger partial charge in [0.15, 0.2) is 0 Å². The van der Waals surface area contributed by atoms with Crippen molar-refractivity contribution >= 4 is 11.7 Å². The van der Waals surface area contributed by atoms with Crippen molar-refractivity contribution < 1.29 is 14.3 Å². The number of carboxylic acids is 1. The molecule has 2 atom stereocenters. The maximum absolute atomic E-state index is 14.4. The summed E-state index contributed by atoms with van der Waals surface area (Å²) >= 11 is 0. The third-order valence-electron chi connectivity index (χ3n) is 5.40. The van der Waals surface area contributed by atoms with Crippen LogP contribution < -0.4 is 5.32 Å². The van der Waals surface area contributed by atoms with Gasteiger partial charge in [0.1, 0.15) is 5.82 Å². The van der Waals surface area contributed by atoms with E-state index < -0.39 is 11.8 Å². The van der Waals surface area contributed by atoms with Gasteiger partial charge in [-0.15, -0.1) is 0 Å². The van der Waals surface area contributed by atoms with E-state index in [1.54, 1.807) is 48.7 Å². The summed E-state index contributed by atoms with van der Waals surface area (Å²) in [7, 11) is 0. The Labute approximate surface area is 178 Å². The lowest BCUT2D eigenvalue weighted by Gasteiger charge is -2.12. The van der Waals surface area contributed by atoms with Crippen molar-refractivity contribution in [3.05, 3.63) is 82.9 Å². The first-order chi connectivity index (χ1) is 15.0. The summed E-state index contributed by atoms with van der Waals surface area (Å²) in [6.07, 6.45) is 2.20. The first-order valence-electron chi connectivity index (χ1n) is 9.66. The number of rotatable bonds is 6. The van der Waals surface area contributed by atoms with E-state index in [0.29, 0.717) is 39.9 Å². The Morgan fingerprint density at radius 3 is 2.48 bits per heavy atom. The maximum atomic E-state index is 14.4. The second-order valence-electron chi connectivity index (χ2n) is 7.37. The lowest BCUT2D eigenvalue weighted by molar-refractivity contribution is -0.138. The summed E-state index contributed by atoms with van der Waals surface area (Å²) in [5.41, 5.74) is 3.57. The average molecular weight is 412 g/mol. The van der Waals surface area contributed by atoms with Crippen LogP contribution in [0.25, 0.3) is 11.1 Å². The van der Waals surface area contributed by atoms with Gasteiger partial charge in [-0.25, -0.2) is 4.39 Å². The number of carbonyl (C=O) groups is 1.